The lowest BCUT2D eigenvalue weighted by molar-refractivity contribution is 0.669. The van der Waals surface area contributed by atoms with Crippen molar-refractivity contribution in [3.63, 3.8) is 0 Å². The smallest absolute Gasteiger partial charge is 0.135 e. The second-order valence-electron chi connectivity index (χ2n) is 14.5. The number of fused-ring (bicyclic) bond motifs is 7. The third kappa shape index (κ3) is 5.34. The molecule has 0 fully saturated rings. The number of rotatable bonds is 6. The Hall–Kier alpha value is -7.42. The van der Waals surface area contributed by atoms with E-state index in [1.54, 1.807) is 0 Å². The Morgan fingerprint density at radius 1 is 0.268 bits per heavy atom. The van der Waals surface area contributed by atoms with E-state index >= 15 is 0 Å². The van der Waals surface area contributed by atoms with E-state index in [-0.39, 0.29) is 0 Å². The topological polar surface area (TPSA) is 16.4 Å². The van der Waals surface area contributed by atoms with Crippen LogP contribution in [0.15, 0.2) is 217 Å². The molecule has 0 aliphatic rings. The summed E-state index contributed by atoms with van der Waals surface area (Å²) in [5.41, 5.74) is 12.3. The van der Waals surface area contributed by atoms with Crippen LogP contribution in [0.25, 0.3) is 87.6 Å². The Balaban J connectivity index is 1.13. The molecule has 10 aromatic carbocycles. The van der Waals surface area contributed by atoms with Gasteiger partial charge in [0.1, 0.15) is 11.2 Å². The summed E-state index contributed by atoms with van der Waals surface area (Å²) in [5, 5.41) is 9.63. The molecule has 1 aromatic heterocycles. The van der Waals surface area contributed by atoms with Gasteiger partial charge < -0.3 is 9.32 Å². The zero-order chi connectivity index (χ0) is 37.0. The lowest BCUT2D eigenvalue weighted by atomic mass is 9.84. The van der Waals surface area contributed by atoms with Gasteiger partial charge in [-0.25, -0.2) is 0 Å². The molecule has 0 saturated heterocycles. The fourth-order valence-electron chi connectivity index (χ4n) is 8.62. The maximum absolute atomic E-state index is 6.25. The van der Waals surface area contributed by atoms with Gasteiger partial charge in [-0.3, -0.25) is 0 Å². The number of benzene rings is 10. The van der Waals surface area contributed by atoms with Gasteiger partial charge in [-0.05, 0) is 120 Å². The van der Waals surface area contributed by atoms with E-state index in [4.69, 9.17) is 4.42 Å². The second-order valence-corrected chi connectivity index (χ2v) is 14.5. The van der Waals surface area contributed by atoms with Crippen molar-refractivity contribution in [2.24, 2.45) is 0 Å². The highest BCUT2D eigenvalue weighted by Crippen LogP contribution is 2.46. The number of hydrogen-bond acceptors (Lipinski definition) is 2. The van der Waals surface area contributed by atoms with Crippen LogP contribution in [0.1, 0.15) is 0 Å². The molecule has 11 rings (SSSR count). The molecule has 262 valence electrons. The molecular weight excluding hydrogens is 679 g/mol. The van der Waals surface area contributed by atoms with Crippen LogP contribution in [0.2, 0.25) is 0 Å². The van der Waals surface area contributed by atoms with Gasteiger partial charge >= 0.3 is 0 Å². The molecule has 0 atom stereocenters. The Bertz CT molecular complexity index is 3250. The van der Waals surface area contributed by atoms with Crippen molar-refractivity contribution in [2.45, 2.75) is 0 Å². The van der Waals surface area contributed by atoms with E-state index in [1.165, 1.54) is 60.1 Å². The van der Waals surface area contributed by atoms with Crippen molar-refractivity contribution in [3.8, 4) is 33.4 Å². The monoisotopic (exact) mass is 713 g/mol. The van der Waals surface area contributed by atoms with Crippen molar-refractivity contribution < 1.29 is 4.42 Å². The lowest BCUT2D eigenvalue weighted by Gasteiger charge is -2.26. The first-order chi connectivity index (χ1) is 27.8. The largest absolute Gasteiger partial charge is 0.456 e. The summed E-state index contributed by atoms with van der Waals surface area (Å²) >= 11 is 0. The Kier molecular flexibility index (Phi) is 7.53. The molecule has 0 N–H and O–H groups in total. The van der Waals surface area contributed by atoms with Crippen LogP contribution in [0.3, 0.4) is 0 Å². The fraction of sp³-hybridized carbons (Fsp3) is 0. The van der Waals surface area contributed by atoms with E-state index in [2.05, 4.69) is 205 Å². The van der Waals surface area contributed by atoms with Crippen molar-refractivity contribution in [1.29, 1.82) is 0 Å². The van der Waals surface area contributed by atoms with E-state index in [1.807, 2.05) is 12.1 Å². The Morgan fingerprint density at radius 2 is 0.821 bits per heavy atom. The highest BCUT2D eigenvalue weighted by Gasteiger charge is 2.20. The molecule has 0 aliphatic heterocycles. The first-order valence-electron chi connectivity index (χ1n) is 19.2. The van der Waals surface area contributed by atoms with Crippen LogP contribution in [0.5, 0.6) is 0 Å². The van der Waals surface area contributed by atoms with Crippen molar-refractivity contribution in [3.05, 3.63) is 212 Å². The van der Waals surface area contributed by atoms with Gasteiger partial charge in [0, 0.05) is 27.8 Å². The van der Waals surface area contributed by atoms with E-state index in [0.717, 1.165) is 44.6 Å². The highest BCUT2D eigenvalue weighted by molar-refractivity contribution is 6.22. The SMILES string of the molecule is c1ccc(-c2c(-c3ccccc3)c3cc(-c4cccc(N(c5ccc6ccccc6c5)c5ccc6oc7ccccc7c6c5)c4)ccc3c3ccccc23)cc1. The first-order valence-corrected chi connectivity index (χ1v) is 19.2. The summed E-state index contributed by atoms with van der Waals surface area (Å²) in [5.74, 6) is 0. The van der Waals surface area contributed by atoms with Crippen molar-refractivity contribution in [1.82, 2.24) is 0 Å². The summed E-state index contributed by atoms with van der Waals surface area (Å²) < 4.78 is 6.25. The fourth-order valence-corrected chi connectivity index (χ4v) is 8.62. The van der Waals surface area contributed by atoms with Gasteiger partial charge in [0.2, 0.25) is 0 Å². The molecule has 0 bridgehead atoms. The Labute approximate surface area is 325 Å². The van der Waals surface area contributed by atoms with Crippen LogP contribution in [-0.4, -0.2) is 0 Å². The van der Waals surface area contributed by atoms with E-state index in [0.29, 0.717) is 0 Å². The summed E-state index contributed by atoms with van der Waals surface area (Å²) in [6.07, 6.45) is 0. The molecule has 0 amide bonds. The maximum Gasteiger partial charge on any atom is 0.135 e. The van der Waals surface area contributed by atoms with E-state index < -0.39 is 0 Å². The first kappa shape index (κ1) is 32.0. The zero-order valence-electron chi connectivity index (χ0n) is 30.6. The highest BCUT2D eigenvalue weighted by atomic mass is 16.3. The minimum absolute atomic E-state index is 0.884. The van der Waals surface area contributed by atoms with Crippen LogP contribution in [-0.2, 0) is 0 Å². The average Bonchev–Trinajstić information content (AvgIpc) is 3.64. The van der Waals surface area contributed by atoms with Gasteiger partial charge in [-0.2, -0.15) is 0 Å². The third-order valence-corrected chi connectivity index (χ3v) is 11.2. The minimum Gasteiger partial charge on any atom is -0.456 e. The van der Waals surface area contributed by atoms with Crippen LogP contribution < -0.4 is 4.90 Å². The normalized spacial score (nSPS) is 11.6. The second kappa shape index (κ2) is 13.2. The molecule has 2 nitrogen and oxygen atoms in total. The van der Waals surface area contributed by atoms with Gasteiger partial charge in [-0.1, -0.05) is 158 Å². The van der Waals surface area contributed by atoms with E-state index in [9.17, 15) is 0 Å². The van der Waals surface area contributed by atoms with Crippen molar-refractivity contribution in [2.75, 3.05) is 4.90 Å². The lowest BCUT2D eigenvalue weighted by Crippen LogP contribution is -2.10. The van der Waals surface area contributed by atoms with Crippen LogP contribution in [0, 0.1) is 0 Å². The maximum atomic E-state index is 6.25. The van der Waals surface area contributed by atoms with Gasteiger partial charge in [-0.15, -0.1) is 0 Å². The van der Waals surface area contributed by atoms with Crippen molar-refractivity contribution >= 4 is 71.3 Å². The predicted molar refractivity (Wildman–Crippen MR) is 237 cm³/mol. The molecule has 0 radical (unpaired) electrons. The number of furan rings is 1. The quantitative estimate of drug-likeness (QED) is 0.160. The Morgan fingerprint density at radius 3 is 1.62 bits per heavy atom. The molecule has 11 aromatic rings. The molecular formula is C54H35NO. The summed E-state index contributed by atoms with van der Waals surface area (Å²) in [7, 11) is 0. The predicted octanol–water partition coefficient (Wildman–Crippen LogP) is 15.5. The van der Waals surface area contributed by atoms with Crippen LogP contribution >= 0.6 is 0 Å². The van der Waals surface area contributed by atoms with Gasteiger partial charge in [0.05, 0.1) is 0 Å². The summed E-state index contributed by atoms with van der Waals surface area (Å²) in [6.45, 7) is 0. The van der Waals surface area contributed by atoms with Gasteiger partial charge in [0.25, 0.3) is 0 Å². The summed E-state index contributed by atoms with van der Waals surface area (Å²) in [4.78, 5) is 2.37. The van der Waals surface area contributed by atoms with Crippen LogP contribution in [0.4, 0.5) is 17.1 Å². The minimum atomic E-state index is 0.884. The zero-order valence-corrected chi connectivity index (χ0v) is 30.6. The molecule has 0 aliphatic carbocycles. The molecule has 1 heterocycles. The van der Waals surface area contributed by atoms with Gasteiger partial charge in [0.15, 0.2) is 0 Å². The number of para-hydroxylation sites is 1. The standard InChI is InChI=1S/C54H35NO/c1-3-15-37(16-4-1)53-48-24-10-9-22-45(48)46-30-27-41(34-50(46)54(53)38-17-5-2-6-18-38)40-20-13-21-42(33-40)55(43-28-26-36-14-7-8-19-39(36)32-43)44-29-31-52-49(35-44)47-23-11-12-25-51(47)56-52/h1-35H. The molecule has 2 heteroatoms. The number of anilines is 3. The molecule has 56 heavy (non-hydrogen) atoms. The third-order valence-electron chi connectivity index (χ3n) is 11.2. The average molecular weight is 714 g/mol. The summed E-state index contributed by atoms with van der Waals surface area (Å²) in [6, 6.07) is 76.6. The number of hydrogen-bond donors (Lipinski definition) is 0. The molecule has 0 unspecified atom stereocenters. The molecule has 0 spiro atoms. The number of nitrogens with zero attached hydrogens (tertiary/aromatic N) is 1. The molecule has 0 saturated carbocycles.